The highest BCUT2D eigenvalue weighted by molar-refractivity contribution is 9.10. The zero-order chi connectivity index (χ0) is 9.42. The van der Waals surface area contributed by atoms with E-state index >= 15 is 0 Å². The average Bonchev–Trinajstić information content (AvgIpc) is 2.48. The molecule has 5 heteroatoms. The number of oxazole rings is 1. The number of rotatable bonds is 1. The molecule has 2 rings (SSSR count). The van der Waals surface area contributed by atoms with Crippen LogP contribution in [0.15, 0.2) is 21.0 Å². The zero-order valence-corrected chi connectivity index (χ0v) is 8.55. The molecule has 1 aromatic carbocycles. The van der Waals surface area contributed by atoms with Crippen LogP contribution < -0.4 is 11.3 Å². The molecular weight excluding hydrogens is 234 g/mol. The summed E-state index contributed by atoms with van der Waals surface area (Å²) in [6, 6.07) is 4.13. The van der Waals surface area contributed by atoms with E-state index in [4.69, 9.17) is 10.3 Å². The fourth-order valence-corrected chi connectivity index (χ4v) is 1.44. The van der Waals surface area contributed by atoms with Gasteiger partial charge in [0.25, 0.3) is 0 Å². The molecule has 0 saturated carbocycles. The number of nitrogens with two attached hydrogens (primary N) is 1. The maximum Gasteiger partial charge on any atom is 0.310 e. The van der Waals surface area contributed by atoms with Crippen molar-refractivity contribution in [3.63, 3.8) is 0 Å². The molecule has 3 N–H and O–H groups in total. The van der Waals surface area contributed by atoms with E-state index in [2.05, 4.69) is 26.3 Å². The molecule has 0 radical (unpaired) electrons. The third-order valence-electron chi connectivity index (χ3n) is 1.79. The minimum absolute atomic E-state index is 0.326. The van der Waals surface area contributed by atoms with Crippen LogP contribution in [0.4, 0.5) is 6.01 Å². The van der Waals surface area contributed by atoms with Gasteiger partial charge in [-0.1, -0.05) is 15.9 Å². The molecule has 0 aliphatic heterocycles. The van der Waals surface area contributed by atoms with Crippen LogP contribution in [0, 0.1) is 6.92 Å². The van der Waals surface area contributed by atoms with Gasteiger partial charge in [-0.25, -0.2) is 5.84 Å². The van der Waals surface area contributed by atoms with Crippen LogP contribution >= 0.6 is 15.9 Å². The van der Waals surface area contributed by atoms with Crippen LogP contribution in [0.25, 0.3) is 11.1 Å². The Balaban J connectivity index is 2.70. The summed E-state index contributed by atoms with van der Waals surface area (Å²) >= 11 is 3.41. The van der Waals surface area contributed by atoms with E-state index < -0.39 is 0 Å². The minimum atomic E-state index is 0.326. The predicted molar refractivity (Wildman–Crippen MR) is 54.3 cm³/mol. The predicted octanol–water partition coefficient (Wildman–Crippen LogP) is 2.18. The molecule has 68 valence electrons. The highest BCUT2D eigenvalue weighted by atomic mass is 79.9. The van der Waals surface area contributed by atoms with Gasteiger partial charge in [-0.05, 0) is 24.6 Å². The number of hydrogen-bond donors (Lipinski definition) is 2. The number of nitrogen functional groups attached to an aromatic ring is 1. The Bertz CT molecular complexity index is 413. The molecule has 0 aliphatic rings. The molecule has 2 aromatic rings. The van der Waals surface area contributed by atoms with Gasteiger partial charge in [0.2, 0.25) is 0 Å². The van der Waals surface area contributed by atoms with Crippen LogP contribution in [-0.4, -0.2) is 4.98 Å². The normalized spacial score (nSPS) is 10.7. The number of aromatic nitrogens is 1. The lowest BCUT2D eigenvalue weighted by atomic mass is 10.2. The van der Waals surface area contributed by atoms with Crippen molar-refractivity contribution in [1.82, 2.24) is 4.98 Å². The smallest absolute Gasteiger partial charge is 0.310 e. The minimum Gasteiger partial charge on any atom is -0.423 e. The molecule has 4 nitrogen and oxygen atoms in total. The molecular formula is C8H8BrN3O. The highest BCUT2D eigenvalue weighted by Crippen LogP contribution is 2.25. The van der Waals surface area contributed by atoms with Crippen molar-refractivity contribution >= 4 is 33.0 Å². The number of nitrogens with zero attached hydrogens (tertiary/aromatic N) is 1. The summed E-state index contributed by atoms with van der Waals surface area (Å²) in [4.78, 5) is 4.11. The van der Waals surface area contributed by atoms with Gasteiger partial charge in [0, 0.05) is 4.47 Å². The van der Waals surface area contributed by atoms with Gasteiger partial charge in [0.15, 0.2) is 5.58 Å². The second-order valence-electron chi connectivity index (χ2n) is 2.73. The number of benzene rings is 1. The molecule has 0 aliphatic carbocycles. The van der Waals surface area contributed by atoms with Crippen LogP contribution in [0.2, 0.25) is 0 Å². The SMILES string of the molecule is Cc1cc2nc(NN)oc2cc1Br. The number of fused-ring (bicyclic) bond motifs is 1. The zero-order valence-electron chi connectivity index (χ0n) is 6.97. The number of hydrogen-bond acceptors (Lipinski definition) is 4. The molecule has 13 heavy (non-hydrogen) atoms. The van der Waals surface area contributed by atoms with E-state index in [1.54, 1.807) is 0 Å². The molecule has 0 bridgehead atoms. The Morgan fingerprint density at radius 3 is 3.00 bits per heavy atom. The first-order valence-electron chi connectivity index (χ1n) is 3.74. The van der Waals surface area contributed by atoms with Gasteiger partial charge >= 0.3 is 6.01 Å². The van der Waals surface area contributed by atoms with Gasteiger partial charge in [0.1, 0.15) is 5.52 Å². The van der Waals surface area contributed by atoms with Crippen molar-refractivity contribution in [2.45, 2.75) is 6.92 Å². The van der Waals surface area contributed by atoms with E-state index in [1.807, 2.05) is 19.1 Å². The number of aryl methyl sites for hydroxylation is 1. The van der Waals surface area contributed by atoms with Gasteiger partial charge in [-0.3, -0.25) is 5.43 Å². The van der Waals surface area contributed by atoms with Gasteiger partial charge < -0.3 is 4.42 Å². The van der Waals surface area contributed by atoms with E-state index in [-0.39, 0.29) is 0 Å². The third kappa shape index (κ3) is 1.40. The van der Waals surface area contributed by atoms with E-state index in [0.29, 0.717) is 11.6 Å². The summed E-state index contributed by atoms with van der Waals surface area (Å²) in [5.41, 5.74) is 4.99. The Hall–Kier alpha value is -1.07. The van der Waals surface area contributed by atoms with Crippen molar-refractivity contribution < 1.29 is 4.42 Å². The molecule has 1 heterocycles. The Morgan fingerprint density at radius 2 is 2.31 bits per heavy atom. The first-order chi connectivity index (χ1) is 6.20. The van der Waals surface area contributed by atoms with Crippen molar-refractivity contribution in [2.24, 2.45) is 5.84 Å². The molecule has 0 fully saturated rings. The van der Waals surface area contributed by atoms with Crippen molar-refractivity contribution in [1.29, 1.82) is 0 Å². The summed E-state index contributed by atoms with van der Waals surface area (Å²) in [6.45, 7) is 1.99. The third-order valence-corrected chi connectivity index (χ3v) is 2.65. The highest BCUT2D eigenvalue weighted by Gasteiger charge is 2.06. The van der Waals surface area contributed by atoms with Gasteiger partial charge in [0.05, 0.1) is 0 Å². The molecule has 0 unspecified atom stereocenters. The number of halogens is 1. The molecule has 0 amide bonds. The summed E-state index contributed by atoms with van der Waals surface area (Å²) in [7, 11) is 0. The molecule has 0 atom stereocenters. The fourth-order valence-electron chi connectivity index (χ4n) is 1.12. The first-order valence-corrected chi connectivity index (χ1v) is 4.53. The Kier molecular flexibility index (Phi) is 1.97. The van der Waals surface area contributed by atoms with Crippen LogP contribution in [-0.2, 0) is 0 Å². The van der Waals surface area contributed by atoms with E-state index in [9.17, 15) is 0 Å². The van der Waals surface area contributed by atoms with Crippen molar-refractivity contribution in [3.05, 3.63) is 22.2 Å². The molecule has 0 spiro atoms. The number of nitrogens with one attached hydrogen (secondary N) is 1. The van der Waals surface area contributed by atoms with E-state index in [1.165, 1.54) is 0 Å². The van der Waals surface area contributed by atoms with Gasteiger partial charge in [-0.2, -0.15) is 4.98 Å². The number of anilines is 1. The van der Waals surface area contributed by atoms with Crippen molar-refractivity contribution in [2.75, 3.05) is 5.43 Å². The van der Waals surface area contributed by atoms with Crippen LogP contribution in [0.3, 0.4) is 0 Å². The number of hydrazine groups is 1. The van der Waals surface area contributed by atoms with Crippen LogP contribution in [0.5, 0.6) is 0 Å². The maximum atomic E-state index is 5.28. The summed E-state index contributed by atoms with van der Waals surface area (Å²) in [5, 5.41) is 0. The molecule has 1 aromatic heterocycles. The standard InChI is InChI=1S/C8H8BrN3O/c1-4-2-6-7(3-5(4)9)13-8(11-6)12-10/h2-3H,10H2,1H3,(H,11,12). The second kappa shape index (κ2) is 3.01. The monoisotopic (exact) mass is 241 g/mol. The first kappa shape index (κ1) is 8.52. The summed E-state index contributed by atoms with van der Waals surface area (Å²) in [6.07, 6.45) is 0. The topological polar surface area (TPSA) is 64.1 Å². The Morgan fingerprint density at radius 1 is 1.54 bits per heavy atom. The average molecular weight is 242 g/mol. The quantitative estimate of drug-likeness (QED) is 0.594. The molecule has 0 saturated heterocycles. The summed E-state index contributed by atoms with van der Waals surface area (Å²) in [5.74, 6) is 5.17. The Labute approximate surface area is 83.2 Å². The summed E-state index contributed by atoms with van der Waals surface area (Å²) < 4.78 is 6.28. The maximum absolute atomic E-state index is 5.28. The largest absolute Gasteiger partial charge is 0.423 e. The van der Waals surface area contributed by atoms with Gasteiger partial charge in [-0.15, -0.1) is 0 Å². The lowest BCUT2D eigenvalue weighted by molar-refractivity contribution is 0.616. The van der Waals surface area contributed by atoms with Crippen LogP contribution in [0.1, 0.15) is 5.56 Å². The fraction of sp³-hybridized carbons (Fsp3) is 0.125. The lowest BCUT2D eigenvalue weighted by Gasteiger charge is -1.94. The van der Waals surface area contributed by atoms with Crippen molar-refractivity contribution in [3.8, 4) is 0 Å². The lowest BCUT2D eigenvalue weighted by Crippen LogP contribution is -2.06. The second-order valence-corrected chi connectivity index (χ2v) is 3.59. The van der Waals surface area contributed by atoms with E-state index in [0.717, 1.165) is 15.6 Å².